The first kappa shape index (κ1) is 10.4. The average Bonchev–Trinajstić information content (AvgIpc) is 2.47. The fourth-order valence-electron chi connectivity index (χ4n) is 2.96. The van der Waals surface area contributed by atoms with Crippen molar-refractivity contribution in [3.05, 3.63) is 59.7 Å². The summed E-state index contributed by atoms with van der Waals surface area (Å²) in [4.78, 5) is 16.1. The van der Waals surface area contributed by atoms with Crippen molar-refractivity contribution in [3.63, 3.8) is 0 Å². The Morgan fingerprint density at radius 2 is 1.37 bits per heavy atom. The van der Waals surface area contributed by atoms with E-state index >= 15 is 0 Å². The molecule has 1 amide bonds. The first-order valence-corrected chi connectivity index (χ1v) is 6.35. The van der Waals surface area contributed by atoms with E-state index in [1.807, 2.05) is 30.3 Å². The molecule has 0 spiro atoms. The molecule has 0 radical (unpaired) electrons. The van der Waals surface area contributed by atoms with E-state index in [0.29, 0.717) is 0 Å². The summed E-state index contributed by atoms with van der Waals surface area (Å²) in [6, 6.07) is 16.3. The first-order chi connectivity index (χ1) is 9.36. The lowest BCUT2D eigenvalue weighted by molar-refractivity contribution is 0.100. The Bertz CT molecular complexity index is 862. The fraction of sp³-hybridized carbons (Fsp3) is 0.0588. The van der Waals surface area contributed by atoms with Crippen LogP contribution in [-0.4, -0.2) is 12.1 Å². The molecule has 2 heteroatoms. The predicted molar refractivity (Wildman–Crippen MR) is 78.0 cm³/mol. The second-order valence-electron chi connectivity index (χ2n) is 4.77. The second-order valence-corrected chi connectivity index (χ2v) is 4.77. The number of aliphatic imine (C=N–C) groups is 1. The van der Waals surface area contributed by atoms with Crippen molar-refractivity contribution in [1.82, 2.24) is 0 Å². The third kappa shape index (κ3) is 1.37. The number of nitrogens with zero attached hydrogens (tertiary/aromatic N) is 1. The van der Waals surface area contributed by atoms with Crippen LogP contribution in [0.2, 0.25) is 0 Å². The number of fused-ring (bicyclic) bond motifs is 6. The minimum absolute atomic E-state index is 0.122. The number of hydrogen-bond acceptors (Lipinski definition) is 1. The number of rotatable bonds is 0. The average molecular weight is 245 g/mol. The van der Waals surface area contributed by atoms with Gasteiger partial charge in [0.2, 0.25) is 0 Å². The maximum absolute atomic E-state index is 12.1. The molecule has 3 aromatic rings. The zero-order valence-electron chi connectivity index (χ0n) is 10.3. The Morgan fingerprint density at radius 3 is 2.11 bits per heavy atom. The van der Waals surface area contributed by atoms with Crippen LogP contribution in [0.25, 0.3) is 21.5 Å². The number of carbonyl (C=O) groups is 1. The molecule has 0 atom stereocenters. The highest BCUT2D eigenvalue weighted by molar-refractivity contribution is 6.21. The molecule has 19 heavy (non-hydrogen) atoms. The smallest absolute Gasteiger partial charge is 0.267 e. The zero-order chi connectivity index (χ0) is 12.8. The van der Waals surface area contributed by atoms with Crippen molar-refractivity contribution in [2.24, 2.45) is 4.99 Å². The van der Waals surface area contributed by atoms with Crippen molar-refractivity contribution in [1.29, 1.82) is 0 Å². The molecule has 0 aliphatic carbocycles. The lowest BCUT2D eigenvalue weighted by Gasteiger charge is -2.16. The summed E-state index contributed by atoms with van der Waals surface area (Å²) in [6.07, 6.45) is 2.44. The monoisotopic (exact) mass is 245 g/mol. The highest BCUT2D eigenvalue weighted by atomic mass is 16.1. The molecule has 0 bridgehead atoms. The molecule has 0 fully saturated rings. The molecule has 0 saturated heterocycles. The molecule has 4 rings (SSSR count). The van der Waals surface area contributed by atoms with Crippen molar-refractivity contribution in [3.8, 4) is 0 Å². The van der Waals surface area contributed by atoms with Gasteiger partial charge in [-0.1, -0.05) is 48.5 Å². The van der Waals surface area contributed by atoms with Crippen molar-refractivity contribution >= 4 is 33.7 Å². The van der Waals surface area contributed by atoms with Crippen LogP contribution in [0.15, 0.2) is 53.5 Å². The summed E-state index contributed by atoms with van der Waals surface area (Å²) in [7, 11) is 0. The first-order valence-electron chi connectivity index (χ1n) is 6.35. The maximum atomic E-state index is 12.1. The van der Waals surface area contributed by atoms with Gasteiger partial charge in [-0.15, -0.1) is 0 Å². The van der Waals surface area contributed by atoms with E-state index in [4.69, 9.17) is 0 Å². The van der Waals surface area contributed by atoms with Gasteiger partial charge in [-0.25, -0.2) is 4.99 Å². The Kier molecular flexibility index (Phi) is 2.06. The number of amides is 1. The van der Waals surface area contributed by atoms with Gasteiger partial charge in [0.25, 0.3) is 5.91 Å². The Morgan fingerprint density at radius 1 is 0.789 bits per heavy atom. The predicted octanol–water partition coefficient (Wildman–Crippen LogP) is 3.76. The molecular weight excluding hydrogens is 234 g/mol. The third-order valence-corrected chi connectivity index (χ3v) is 3.76. The zero-order valence-corrected chi connectivity index (χ0v) is 10.3. The van der Waals surface area contributed by atoms with E-state index in [0.717, 1.165) is 33.7 Å². The fourth-order valence-corrected chi connectivity index (χ4v) is 2.96. The summed E-state index contributed by atoms with van der Waals surface area (Å²) in [6.45, 7) is 0. The van der Waals surface area contributed by atoms with E-state index in [-0.39, 0.29) is 5.91 Å². The molecule has 1 heterocycles. The van der Waals surface area contributed by atoms with Crippen LogP contribution in [0.1, 0.15) is 15.9 Å². The lowest BCUT2D eigenvalue weighted by atomic mass is 9.89. The minimum Gasteiger partial charge on any atom is -0.267 e. The minimum atomic E-state index is -0.122. The summed E-state index contributed by atoms with van der Waals surface area (Å²) < 4.78 is 0. The molecule has 90 valence electrons. The molecule has 0 saturated carbocycles. The van der Waals surface area contributed by atoms with Crippen molar-refractivity contribution < 1.29 is 4.79 Å². The number of benzene rings is 3. The molecule has 0 N–H and O–H groups in total. The van der Waals surface area contributed by atoms with Gasteiger partial charge in [-0.2, -0.15) is 0 Å². The largest absolute Gasteiger partial charge is 0.277 e. The van der Waals surface area contributed by atoms with Crippen LogP contribution in [-0.2, 0) is 6.42 Å². The van der Waals surface area contributed by atoms with E-state index in [2.05, 4.69) is 23.2 Å². The summed E-state index contributed by atoms with van der Waals surface area (Å²) in [5, 5.41) is 4.51. The van der Waals surface area contributed by atoms with Gasteiger partial charge in [0.15, 0.2) is 0 Å². The van der Waals surface area contributed by atoms with Gasteiger partial charge in [0, 0.05) is 12.6 Å². The van der Waals surface area contributed by atoms with E-state index < -0.39 is 0 Å². The molecule has 0 aromatic heterocycles. The van der Waals surface area contributed by atoms with Crippen molar-refractivity contribution in [2.45, 2.75) is 6.42 Å². The van der Waals surface area contributed by atoms with E-state index in [9.17, 15) is 4.79 Å². The van der Waals surface area contributed by atoms with Gasteiger partial charge in [0.05, 0.1) is 5.56 Å². The van der Waals surface area contributed by atoms with Crippen LogP contribution in [0.4, 0.5) is 0 Å². The van der Waals surface area contributed by atoms with Gasteiger partial charge in [0.1, 0.15) is 0 Å². The van der Waals surface area contributed by atoms with Gasteiger partial charge >= 0.3 is 0 Å². The number of hydrogen-bond donors (Lipinski definition) is 0. The SMILES string of the molecule is O=C1N=CCc2c1c1ccccc1c1ccccc21. The Labute approximate surface area is 110 Å². The van der Waals surface area contributed by atoms with Gasteiger partial charge in [-0.05, 0) is 27.1 Å². The van der Waals surface area contributed by atoms with Gasteiger partial charge in [-0.3, -0.25) is 4.79 Å². The second kappa shape index (κ2) is 3.75. The van der Waals surface area contributed by atoms with E-state index in [1.165, 1.54) is 5.39 Å². The van der Waals surface area contributed by atoms with Crippen LogP contribution >= 0.6 is 0 Å². The van der Waals surface area contributed by atoms with Crippen LogP contribution < -0.4 is 0 Å². The highest BCUT2D eigenvalue weighted by Gasteiger charge is 2.20. The molecule has 3 aromatic carbocycles. The molecule has 0 unspecified atom stereocenters. The van der Waals surface area contributed by atoms with E-state index in [1.54, 1.807) is 6.21 Å². The Balaban J connectivity index is 2.33. The highest BCUT2D eigenvalue weighted by Crippen LogP contribution is 2.34. The quantitative estimate of drug-likeness (QED) is 0.554. The normalized spacial score (nSPS) is 14.0. The third-order valence-electron chi connectivity index (χ3n) is 3.76. The van der Waals surface area contributed by atoms with Crippen LogP contribution in [0.5, 0.6) is 0 Å². The Hall–Kier alpha value is -2.48. The topological polar surface area (TPSA) is 29.4 Å². The molecule has 1 aliphatic heterocycles. The van der Waals surface area contributed by atoms with Crippen molar-refractivity contribution in [2.75, 3.05) is 0 Å². The summed E-state index contributed by atoms with van der Waals surface area (Å²) >= 11 is 0. The molecule has 1 aliphatic rings. The lowest BCUT2D eigenvalue weighted by Crippen LogP contribution is -2.10. The molecular formula is C17H11NO. The summed E-state index contributed by atoms with van der Waals surface area (Å²) in [5.74, 6) is -0.122. The maximum Gasteiger partial charge on any atom is 0.277 e. The number of carbonyl (C=O) groups excluding carboxylic acids is 1. The van der Waals surface area contributed by atoms with Crippen LogP contribution in [0, 0.1) is 0 Å². The standard InChI is InChI=1S/C17H11NO/c19-17-16-14-8-4-3-6-12(14)11-5-1-2-7-13(11)15(16)9-10-18-17/h1-8,10H,9H2. The molecule has 2 nitrogen and oxygen atoms in total. The van der Waals surface area contributed by atoms with Crippen LogP contribution in [0.3, 0.4) is 0 Å². The summed E-state index contributed by atoms with van der Waals surface area (Å²) in [5.41, 5.74) is 1.88. The van der Waals surface area contributed by atoms with Gasteiger partial charge < -0.3 is 0 Å².